The predicted octanol–water partition coefficient (Wildman–Crippen LogP) is 5.86. The molecule has 3 aromatic carbocycles. The van der Waals surface area contributed by atoms with E-state index in [-0.39, 0.29) is 11.6 Å². The maximum absolute atomic E-state index is 13.9. The molecule has 1 atom stereocenters. The lowest BCUT2D eigenvalue weighted by atomic mass is 9.83. The first-order valence-corrected chi connectivity index (χ1v) is 14.2. The van der Waals surface area contributed by atoms with Crippen LogP contribution in [0.25, 0.3) is 11.8 Å². The zero-order valence-electron chi connectivity index (χ0n) is 20.1. The van der Waals surface area contributed by atoms with Crippen molar-refractivity contribution in [2.45, 2.75) is 18.9 Å². The molecule has 1 aromatic heterocycles. The standard InChI is InChI=1S/C29H22Br2N2O3S/c1-35-23-14-16(13-22(31)27(23)36-2)15-24-28(34)33-26(18-7-10-19(30)11-8-18)21-12-9-17-5-3-4-6-20(17)25(21)32-29(33)37-24/h3-8,10-11,13-15,26H,9,12H2,1-2H3/b24-15+/t26-/m0/s1. The monoisotopic (exact) mass is 636 g/mol. The van der Waals surface area contributed by atoms with E-state index >= 15 is 0 Å². The summed E-state index contributed by atoms with van der Waals surface area (Å²) < 4.78 is 15.2. The van der Waals surface area contributed by atoms with Gasteiger partial charge in [0.25, 0.3) is 5.56 Å². The molecule has 0 unspecified atom stereocenters. The van der Waals surface area contributed by atoms with Gasteiger partial charge in [-0.2, -0.15) is 0 Å². The Morgan fingerprint density at radius 3 is 2.57 bits per heavy atom. The van der Waals surface area contributed by atoms with Crippen LogP contribution in [0.15, 0.2) is 85.0 Å². The number of ether oxygens (including phenoxy) is 2. The molecule has 37 heavy (non-hydrogen) atoms. The molecule has 8 heteroatoms. The smallest absolute Gasteiger partial charge is 0.271 e. The van der Waals surface area contributed by atoms with Gasteiger partial charge < -0.3 is 9.47 Å². The van der Waals surface area contributed by atoms with Gasteiger partial charge in [0, 0.05) is 10.0 Å². The minimum atomic E-state index is -0.202. The van der Waals surface area contributed by atoms with Crippen molar-refractivity contribution in [1.29, 1.82) is 0 Å². The number of allylic oxidation sites excluding steroid dienone is 1. The molecule has 2 heterocycles. The van der Waals surface area contributed by atoms with E-state index in [9.17, 15) is 4.79 Å². The van der Waals surface area contributed by atoms with Crippen LogP contribution in [0.4, 0.5) is 0 Å². The van der Waals surface area contributed by atoms with Gasteiger partial charge in [-0.15, -0.1) is 0 Å². The topological polar surface area (TPSA) is 52.8 Å². The molecule has 5 nitrogen and oxygen atoms in total. The molecular formula is C29H22Br2N2O3S. The molecule has 0 radical (unpaired) electrons. The highest BCUT2D eigenvalue weighted by Gasteiger charge is 2.32. The van der Waals surface area contributed by atoms with Gasteiger partial charge in [0.15, 0.2) is 16.3 Å². The Balaban J connectivity index is 1.59. The Morgan fingerprint density at radius 2 is 1.81 bits per heavy atom. The largest absolute Gasteiger partial charge is 0.493 e. The number of methoxy groups -OCH3 is 2. The van der Waals surface area contributed by atoms with Gasteiger partial charge in [0.1, 0.15) is 0 Å². The van der Waals surface area contributed by atoms with Crippen molar-refractivity contribution in [2.75, 3.05) is 14.2 Å². The Morgan fingerprint density at radius 1 is 1.03 bits per heavy atom. The van der Waals surface area contributed by atoms with Crippen LogP contribution in [0.3, 0.4) is 0 Å². The van der Waals surface area contributed by atoms with E-state index in [1.165, 1.54) is 22.5 Å². The molecule has 6 rings (SSSR count). The summed E-state index contributed by atoms with van der Waals surface area (Å²) in [5.74, 6) is 1.21. The number of aryl methyl sites for hydroxylation is 1. The Hall–Kier alpha value is -2.94. The van der Waals surface area contributed by atoms with Crippen LogP contribution in [0.2, 0.25) is 0 Å². The van der Waals surface area contributed by atoms with Crippen molar-refractivity contribution >= 4 is 55.0 Å². The van der Waals surface area contributed by atoms with Crippen molar-refractivity contribution in [1.82, 2.24) is 4.57 Å². The highest BCUT2D eigenvalue weighted by atomic mass is 79.9. The quantitative estimate of drug-likeness (QED) is 0.282. The number of aromatic nitrogens is 1. The molecular weight excluding hydrogens is 616 g/mol. The molecule has 2 aliphatic rings. The fourth-order valence-electron chi connectivity index (χ4n) is 5.14. The van der Waals surface area contributed by atoms with E-state index in [0.29, 0.717) is 20.8 Å². The van der Waals surface area contributed by atoms with Crippen molar-refractivity contribution in [2.24, 2.45) is 4.99 Å². The molecule has 4 aromatic rings. The van der Waals surface area contributed by atoms with Crippen LogP contribution in [0.1, 0.15) is 34.7 Å². The van der Waals surface area contributed by atoms with E-state index in [1.54, 1.807) is 14.2 Å². The summed E-state index contributed by atoms with van der Waals surface area (Å²) in [5.41, 5.74) is 6.51. The average molecular weight is 638 g/mol. The summed E-state index contributed by atoms with van der Waals surface area (Å²) >= 11 is 8.52. The first kappa shape index (κ1) is 24.4. The SMILES string of the molecule is COc1cc(/C=c2/sc3n(c2=O)[C@@H](c2ccc(Br)cc2)C2=C(N=3)c3ccccc3CC2)cc(Br)c1OC. The van der Waals surface area contributed by atoms with Crippen LogP contribution in [0.5, 0.6) is 11.5 Å². The van der Waals surface area contributed by atoms with Gasteiger partial charge in [-0.05, 0) is 81.4 Å². The van der Waals surface area contributed by atoms with Crippen molar-refractivity contribution in [3.8, 4) is 11.5 Å². The lowest BCUT2D eigenvalue weighted by molar-refractivity contribution is 0.353. The Kier molecular flexibility index (Phi) is 6.42. The second-order valence-electron chi connectivity index (χ2n) is 8.90. The molecule has 0 fully saturated rings. The van der Waals surface area contributed by atoms with Gasteiger partial charge in [0.2, 0.25) is 0 Å². The number of hydrogen-bond acceptors (Lipinski definition) is 5. The van der Waals surface area contributed by atoms with Gasteiger partial charge >= 0.3 is 0 Å². The van der Waals surface area contributed by atoms with Crippen molar-refractivity contribution in [3.63, 3.8) is 0 Å². The van der Waals surface area contributed by atoms with Crippen LogP contribution < -0.4 is 24.4 Å². The average Bonchev–Trinajstić information content (AvgIpc) is 3.21. The summed E-state index contributed by atoms with van der Waals surface area (Å²) in [6.45, 7) is 0. The third kappa shape index (κ3) is 4.21. The molecule has 0 N–H and O–H groups in total. The zero-order chi connectivity index (χ0) is 25.7. The highest BCUT2D eigenvalue weighted by Crippen LogP contribution is 2.41. The van der Waals surface area contributed by atoms with Crippen LogP contribution >= 0.6 is 43.2 Å². The van der Waals surface area contributed by atoms with Gasteiger partial charge in [-0.25, -0.2) is 4.99 Å². The van der Waals surface area contributed by atoms with Crippen molar-refractivity contribution < 1.29 is 9.47 Å². The van der Waals surface area contributed by atoms with E-state index in [2.05, 4.69) is 68.3 Å². The summed E-state index contributed by atoms with van der Waals surface area (Å²) in [7, 11) is 3.20. The van der Waals surface area contributed by atoms with E-state index in [4.69, 9.17) is 14.5 Å². The lowest BCUT2D eigenvalue weighted by Crippen LogP contribution is -2.38. The number of thiazole rings is 1. The first-order chi connectivity index (χ1) is 18.0. The molecule has 0 saturated heterocycles. The molecule has 1 aliphatic carbocycles. The van der Waals surface area contributed by atoms with Gasteiger partial charge in [0.05, 0.1) is 35.0 Å². The van der Waals surface area contributed by atoms with Crippen LogP contribution in [-0.2, 0) is 6.42 Å². The Bertz CT molecular complexity index is 1750. The summed E-state index contributed by atoms with van der Waals surface area (Å²) in [6.07, 6.45) is 3.69. The van der Waals surface area contributed by atoms with Gasteiger partial charge in [-0.1, -0.05) is 63.7 Å². The van der Waals surface area contributed by atoms with E-state index < -0.39 is 0 Å². The van der Waals surface area contributed by atoms with E-state index in [0.717, 1.165) is 44.2 Å². The number of fused-ring (bicyclic) bond motifs is 3. The molecule has 186 valence electrons. The normalized spacial score (nSPS) is 16.5. The molecule has 0 bridgehead atoms. The maximum Gasteiger partial charge on any atom is 0.271 e. The molecule has 0 amide bonds. The third-order valence-corrected chi connectivity index (χ3v) is 8.91. The fraction of sp³-hybridized carbons (Fsp3) is 0.172. The number of halogens is 2. The molecule has 0 spiro atoms. The minimum Gasteiger partial charge on any atom is -0.493 e. The lowest BCUT2D eigenvalue weighted by Gasteiger charge is -2.30. The number of nitrogens with zero attached hydrogens (tertiary/aromatic N) is 2. The minimum absolute atomic E-state index is 0.0482. The second kappa shape index (κ2) is 9.74. The predicted molar refractivity (Wildman–Crippen MR) is 154 cm³/mol. The molecule has 0 saturated carbocycles. The first-order valence-electron chi connectivity index (χ1n) is 11.8. The van der Waals surface area contributed by atoms with Crippen LogP contribution in [-0.4, -0.2) is 18.8 Å². The summed E-state index contributed by atoms with van der Waals surface area (Å²) in [4.78, 5) is 19.7. The van der Waals surface area contributed by atoms with Crippen molar-refractivity contribution in [3.05, 3.63) is 117 Å². The number of rotatable bonds is 4. The summed E-state index contributed by atoms with van der Waals surface area (Å²) in [6, 6.07) is 20.3. The number of benzene rings is 3. The fourth-order valence-corrected chi connectivity index (χ4v) is 7.03. The van der Waals surface area contributed by atoms with Crippen LogP contribution in [0, 0.1) is 0 Å². The third-order valence-electron chi connectivity index (χ3n) is 6.81. The summed E-state index contributed by atoms with van der Waals surface area (Å²) in [5, 5.41) is 0. The highest BCUT2D eigenvalue weighted by molar-refractivity contribution is 9.10. The second-order valence-corrected chi connectivity index (χ2v) is 11.7. The molecule has 1 aliphatic heterocycles. The maximum atomic E-state index is 13.9. The zero-order valence-corrected chi connectivity index (χ0v) is 24.1. The number of hydrogen-bond donors (Lipinski definition) is 0. The van der Waals surface area contributed by atoms with Gasteiger partial charge in [-0.3, -0.25) is 9.36 Å². The Labute approximate surface area is 234 Å². The van der Waals surface area contributed by atoms with E-state index in [1.807, 2.05) is 34.9 Å².